The molecule has 6 nitrogen and oxygen atoms in total. The second-order valence-corrected chi connectivity index (χ2v) is 6.73. The van der Waals surface area contributed by atoms with E-state index in [9.17, 15) is 14.0 Å². The zero-order valence-electron chi connectivity index (χ0n) is 16.0. The van der Waals surface area contributed by atoms with E-state index in [1.807, 2.05) is 19.1 Å². The maximum Gasteiger partial charge on any atom is 0.215 e. The lowest BCUT2D eigenvalue weighted by Crippen LogP contribution is -2.31. The average Bonchev–Trinajstić information content (AvgIpc) is 3.00. The van der Waals surface area contributed by atoms with Crippen molar-refractivity contribution in [2.24, 2.45) is 7.05 Å². The predicted octanol–water partition coefficient (Wildman–Crippen LogP) is 3.11. The number of hydrogen-bond acceptors (Lipinski definition) is 4. The molecule has 0 unspecified atom stereocenters. The molecule has 146 valence electrons. The molecule has 0 atom stereocenters. The fourth-order valence-corrected chi connectivity index (χ4v) is 3.15. The summed E-state index contributed by atoms with van der Waals surface area (Å²) >= 11 is 0. The number of carbonyl (C=O) groups excluding carboxylic acids is 2. The molecule has 0 fully saturated rings. The van der Waals surface area contributed by atoms with Gasteiger partial charge in [0, 0.05) is 25.6 Å². The Morgan fingerprint density at radius 3 is 2.89 bits per heavy atom. The molecule has 1 heterocycles. The Bertz CT molecular complexity index is 926. The number of anilines is 1. The molecule has 0 aliphatic heterocycles. The lowest BCUT2D eigenvalue weighted by molar-refractivity contribution is -0.116. The van der Waals surface area contributed by atoms with Crippen molar-refractivity contribution in [2.75, 3.05) is 11.9 Å². The van der Waals surface area contributed by atoms with Crippen LogP contribution in [0.4, 0.5) is 10.2 Å². The molecule has 0 bridgehead atoms. The van der Waals surface area contributed by atoms with E-state index in [-0.39, 0.29) is 11.6 Å². The Labute approximate surface area is 163 Å². The minimum atomic E-state index is -0.317. The van der Waals surface area contributed by atoms with Gasteiger partial charge in [-0.25, -0.2) is 4.39 Å². The first kappa shape index (κ1) is 19.5. The number of nitrogens with one attached hydrogen (secondary N) is 1. The Morgan fingerprint density at radius 1 is 1.43 bits per heavy atom. The number of hydrogen-bond donors (Lipinski definition) is 1. The number of nitrogens with zero attached hydrogens (tertiary/aromatic N) is 3. The molecule has 7 heteroatoms. The van der Waals surface area contributed by atoms with E-state index in [2.05, 4.69) is 10.4 Å². The third-order valence-corrected chi connectivity index (χ3v) is 4.68. The Morgan fingerprint density at radius 2 is 2.25 bits per heavy atom. The fourth-order valence-electron chi connectivity index (χ4n) is 3.15. The molecule has 1 N–H and O–H groups in total. The standard InChI is InChI=1S/C21H23FN4O2/c1-15-13-23-25(2)20(15)24-21(18-8-3-4-9-19(18)28)26(14-27)11-10-16-6-5-7-17(22)12-16/h3,5-8,12-14,24H,4,9-11H2,1-2H3. The number of rotatable bonds is 7. The first-order chi connectivity index (χ1) is 13.5. The summed E-state index contributed by atoms with van der Waals surface area (Å²) in [5, 5.41) is 7.42. The van der Waals surface area contributed by atoms with Crippen molar-refractivity contribution in [3.05, 3.63) is 71.0 Å². The van der Waals surface area contributed by atoms with E-state index < -0.39 is 0 Å². The molecule has 1 aliphatic carbocycles. The van der Waals surface area contributed by atoms with Gasteiger partial charge in [0.1, 0.15) is 17.5 Å². The first-order valence-electron chi connectivity index (χ1n) is 9.15. The molecule has 3 rings (SSSR count). The highest BCUT2D eigenvalue weighted by Crippen LogP contribution is 2.23. The normalized spacial score (nSPS) is 15.5. The van der Waals surface area contributed by atoms with Gasteiger partial charge in [-0.2, -0.15) is 5.10 Å². The summed E-state index contributed by atoms with van der Waals surface area (Å²) in [7, 11) is 1.79. The third-order valence-electron chi connectivity index (χ3n) is 4.68. The molecule has 0 saturated heterocycles. The van der Waals surface area contributed by atoms with Crippen LogP contribution in [-0.2, 0) is 23.1 Å². The first-order valence-corrected chi connectivity index (χ1v) is 9.15. The number of benzene rings is 1. The van der Waals surface area contributed by atoms with Gasteiger partial charge in [0.2, 0.25) is 6.41 Å². The van der Waals surface area contributed by atoms with E-state index in [4.69, 9.17) is 0 Å². The number of allylic oxidation sites excluding steroid dienone is 3. The van der Waals surface area contributed by atoms with Gasteiger partial charge in [-0.05, 0) is 37.5 Å². The number of ketones is 1. The molecule has 28 heavy (non-hydrogen) atoms. The van der Waals surface area contributed by atoms with Crippen LogP contribution in [0.15, 0.2) is 54.0 Å². The second kappa shape index (κ2) is 8.65. The highest BCUT2D eigenvalue weighted by atomic mass is 19.1. The minimum absolute atomic E-state index is 0.0255. The highest BCUT2D eigenvalue weighted by Gasteiger charge is 2.22. The summed E-state index contributed by atoms with van der Waals surface area (Å²) in [4.78, 5) is 25.9. The average molecular weight is 382 g/mol. The lowest BCUT2D eigenvalue weighted by atomic mass is 10.00. The summed E-state index contributed by atoms with van der Waals surface area (Å²) in [6.07, 6.45) is 7.61. The van der Waals surface area contributed by atoms with E-state index in [1.165, 1.54) is 17.0 Å². The maximum absolute atomic E-state index is 13.4. The van der Waals surface area contributed by atoms with Gasteiger partial charge in [-0.15, -0.1) is 0 Å². The van der Waals surface area contributed by atoms with Crippen LogP contribution < -0.4 is 5.32 Å². The quantitative estimate of drug-likeness (QED) is 0.590. The summed E-state index contributed by atoms with van der Waals surface area (Å²) in [5.41, 5.74) is 2.13. The van der Waals surface area contributed by atoms with Crippen LogP contribution in [0.3, 0.4) is 0 Å². The summed E-state index contributed by atoms with van der Waals surface area (Å²) < 4.78 is 15.1. The molecule has 1 aromatic heterocycles. The van der Waals surface area contributed by atoms with Crippen molar-refractivity contribution in [1.82, 2.24) is 14.7 Å². The number of aryl methyl sites for hydroxylation is 2. The Hall–Kier alpha value is -3.22. The largest absolute Gasteiger partial charge is 0.326 e. The van der Waals surface area contributed by atoms with Crippen molar-refractivity contribution in [2.45, 2.75) is 26.2 Å². The van der Waals surface area contributed by atoms with Gasteiger partial charge < -0.3 is 10.2 Å². The molecule has 1 aliphatic rings. The molecule has 0 spiro atoms. The van der Waals surface area contributed by atoms with Gasteiger partial charge in [0.25, 0.3) is 0 Å². The van der Waals surface area contributed by atoms with Crippen molar-refractivity contribution in [3.8, 4) is 0 Å². The number of Topliss-reactive ketones (excluding diaryl/α,β-unsaturated/α-hetero) is 1. The van der Waals surface area contributed by atoms with E-state index >= 15 is 0 Å². The number of aromatic nitrogens is 2. The second-order valence-electron chi connectivity index (χ2n) is 6.73. The fraction of sp³-hybridized carbons (Fsp3) is 0.286. The van der Waals surface area contributed by atoms with E-state index in [0.29, 0.717) is 49.4 Å². The monoisotopic (exact) mass is 382 g/mol. The van der Waals surface area contributed by atoms with Crippen LogP contribution in [0.1, 0.15) is 24.0 Å². The van der Waals surface area contributed by atoms with Crippen molar-refractivity contribution in [3.63, 3.8) is 0 Å². The van der Waals surface area contributed by atoms with Crippen molar-refractivity contribution >= 4 is 18.0 Å². The van der Waals surface area contributed by atoms with Gasteiger partial charge in [-0.1, -0.05) is 24.3 Å². The smallest absolute Gasteiger partial charge is 0.215 e. The van der Waals surface area contributed by atoms with Gasteiger partial charge >= 0.3 is 0 Å². The SMILES string of the molecule is Cc1cnn(C)c1NC(=C1C=CCCC1=O)N(C=O)CCc1cccc(F)c1. The van der Waals surface area contributed by atoms with Crippen LogP contribution in [0.25, 0.3) is 0 Å². The molecule has 0 radical (unpaired) electrons. The Kier molecular flexibility index (Phi) is 6.03. The van der Waals surface area contributed by atoms with Crippen LogP contribution in [0.2, 0.25) is 0 Å². The Balaban J connectivity index is 1.93. The van der Waals surface area contributed by atoms with Gasteiger partial charge in [0.15, 0.2) is 5.78 Å². The third kappa shape index (κ3) is 4.36. The molecular weight excluding hydrogens is 359 g/mol. The minimum Gasteiger partial charge on any atom is -0.326 e. The topological polar surface area (TPSA) is 67.2 Å². The van der Waals surface area contributed by atoms with Crippen LogP contribution in [0.5, 0.6) is 0 Å². The molecule has 2 aromatic rings. The number of carbonyl (C=O) groups is 2. The zero-order valence-corrected chi connectivity index (χ0v) is 16.0. The molecular formula is C21H23FN4O2. The summed E-state index contributed by atoms with van der Waals surface area (Å²) in [5.74, 6) is 0.774. The molecule has 1 aromatic carbocycles. The van der Waals surface area contributed by atoms with Crippen LogP contribution in [-0.4, -0.2) is 33.4 Å². The van der Waals surface area contributed by atoms with Gasteiger partial charge in [0.05, 0.1) is 11.8 Å². The molecule has 1 amide bonds. The zero-order chi connectivity index (χ0) is 20.1. The lowest BCUT2D eigenvalue weighted by Gasteiger charge is -2.25. The van der Waals surface area contributed by atoms with E-state index in [1.54, 1.807) is 30.1 Å². The number of halogens is 1. The van der Waals surface area contributed by atoms with E-state index in [0.717, 1.165) is 11.1 Å². The molecule has 0 saturated carbocycles. The van der Waals surface area contributed by atoms with Crippen LogP contribution in [0, 0.1) is 12.7 Å². The van der Waals surface area contributed by atoms with Crippen molar-refractivity contribution < 1.29 is 14.0 Å². The number of amides is 1. The maximum atomic E-state index is 13.4. The van der Waals surface area contributed by atoms with Crippen LogP contribution >= 0.6 is 0 Å². The summed E-state index contributed by atoms with van der Waals surface area (Å²) in [6.45, 7) is 2.20. The van der Waals surface area contributed by atoms with Crippen molar-refractivity contribution in [1.29, 1.82) is 0 Å². The predicted molar refractivity (Wildman–Crippen MR) is 105 cm³/mol. The van der Waals surface area contributed by atoms with Gasteiger partial charge in [-0.3, -0.25) is 14.3 Å². The highest BCUT2D eigenvalue weighted by molar-refractivity contribution is 6.00. The summed E-state index contributed by atoms with van der Waals surface area (Å²) in [6, 6.07) is 6.27.